The molecule has 0 radical (unpaired) electrons. The molecule has 1 aliphatic carbocycles. The number of aromatic nitrogens is 2. The molecule has 1 aliphatic heterocycles. The Kier molecular flexibility index (Phi) is 1.57. The van der Waals surface area contributed by atoms with Gasteiger partial charge in [-0.15, -0.1) is 0 Å². The highest BCUT2D eigenvalue weighted by Crippen LogP contribution is 2.38. The Morgan fingerprint density at radius 3 is 3.19 bits per heavy atom. The molecule has 1 saturated heterocycles. The zero-order valence-corrected chi connectivity index (χ0v) is 8.90. The first-order valence-electron chi connectivity index (χ1n) is 5.79. The largest absolute Gasteiger partial charge is 0.346 e. The van der Waals surface area contributed by atoms with E-state index in [9.17, 15) is 0 Å². The zero-order chi connectivity index (χ0) is 10.5. The van der Waals surface area contributed by atoms with Crippen LogP contribution in [0, 0.1) is 5.92 Å². The molecule has 2 aliphatic rings. The van der Waals surface area contributed by atoms with Gasteiger partial charge >= 0.3 is 0 Å². The molecule has 3 heteroatoms. The molecule has 2 N–H and O–H groups in total. The molecule has 0 unspecified atom stereocenters. The second kappa shape index (κ2) is 2.95. The van der Waals surface area contributed by atoms with Gasteiger partial charge in [-0.05, 0) is 30.0 Å². The summed E-state index contributed by atoms with van der Waals surface area (Å²) >= 11 is 0. The molecule has 3 heterocycles. The first-order chi connectivity index (χ1) is 7.92. The summed E-state index contributed by atoms with van der Waals surface area (Å²) in [6.45, 7) is 1.15. The molecule has 16 heavy (non-hydrogen) atoms. The van der Waals surface area contributed by atoms with E-state index >= 15 is 0 Å². The molecule has 0 amide bonds. The topological polar surface area (TPSA) is 40.7 Å². The van der Waals surface area contributed by atoms with Gasteiger partial charge in [-0.3, -0.25) is 0 Å². The minimum absolute atomic E-state index is 0.559. The summed E-state index contributed by atoms with van der Waals surface area (Å²) in [6, 6.07) is 4.70. The lowest BCUT2D eigenvalue weighted by Crippen LogP contribution is -2.24. The van der Waals surface area contributed by atoms with Crippen LogP contribution < -0.4 is 5.32 Å². The Labute approximate surface area is 93.6 Å². The van der Waals surface area contributed by atoms with Gasteiger partial charge in [-0.2, -0.15) is 0 Å². The SMILES string of the molecule is C1=C(c2c[nH]c3ncccc23)[C@@H]2C[C@H]1CN2. The number of nitrogens with one attached hydrogen (secondary N) is 2. The third kappa shape index (κ3) is 1.04. The number of hydrogen-bond acceptors (Lipinski definition) is 2. The van der Waals surface area contributed by atoms with E-state index in [0.29, 0.717) is 6.04 Å². The first kappa shape index (κ1) is 8.53. The number of fused-ring (bicyclic) bond motifs is 3. The monoisotopic (exact) mass is 211 g/mol. The van der Waals surface area contributed by atoms with Gasteiger partial charge in [0.25, 0.3) is 0 Å². The number of nitrogens with zero attached hydrogens (tertiary/aromatic N) is 1. The molecule has 1 fully saturated rings. The van der Waals surface area contributed by atoms with E-state index in [-0.39, 0.29) is 0 Å². The quantitative estimate of drug-likeness (QED) is 0.756. The van der Waals surface area contributed by atoms with Gasteiger partial charge in [-0.25, -0.2) is 4.98 Å². The van der Waals surface area contributed by atoms with Crippen molar-refractivity contribution in [2.45, 2.75) is 12.5 Å². The molecule has 0 aromatic carbocycles. The van der Waals surface area contributed by atoms with Crippen molar-refractivity contribution in [3.05, 3.63) is 36.2 Å². The Bertz CT molecular complexity index is 582. The zero-order valence-electron chi connectivity index (χ0n) is 8.90. The van der Waals surface area contributed by atoms with Crippen molar-refractivity contribution in [1.82, 2.24) is 15.3 Å². The van der Waals surface area contributed by atoms with Gasteiger partial charge in [-0.1, -0.05) is 6.08 Å². The average molecular weight is 211 g/mol. The highest BCUT2D eigenvalue weighted by Gasteiger charge is 2.33. The van der Waals surface area contributed by atoms with E-state index in [1.54, 1.807) is 0 Å². The van der Waals surface area contributed by atoms with Crippen molar-refractivity contribution < 1.29 is 0 Å². The van der Waals surface area contributed by atoms with E-state index in [4.69, 9.17) is 0 Å². The minimum atomic E-state index is 0.559. The van der Waals surface area contributed by atoms with Crippen LogP contribution in [0.3, 0.4) is 0 Å². The molecule has 2 atom stereocenters. The molecule has 2 aromatic heterocycles. The molecule has 80 valence electrons. The van der Waals surface area contributed by atoms with Gasteiger partial charge in [0.15, 0.2) is 0 Å². The Balaban J connectivity index is 1.91. The van der Waals surface area contributed by atoms with Crippen molar-refractivity contribution in [3.8, 4) is 0 Å². The fourth-order valence-electron chi connectivity index (χ4n) is 2.97. The number of aromatic amines is 1. The highest BCUT2D eigenvalue weighted by atomic mass is 15.0. The maximum absolute atomic E-state index is 4.33. The van der Waals surface area contributed by atoms with Crippen LogP contribution in [0.1, 0.15) is 12.0 Å². The van der Waals surface area contributed by atoms with Crippen molar-refractivity contribution in [1.29, 1.82) is 0 Å². The van der Waals surface area contributed by atoms with Crippen molar-refractivity contribution in [2.75, 3.05) is 6.54 Å². The Hall–Kier alpha value is -1.61. The van der Waals surface area contributed by atoms with Crippen LogP contribution >= 0.6 is 0 Å². The van der Waals surface area contributed by atoms with Crippen molar-refractivity contribution >= 4 is 16.6 Å². The predicted molar refractivity (Wildman–Crippen MR) is 64.0 cm³/mol. The van der Waals surface area contributed by atoms with E-state index in [1.165, 1.54) is 22.9 Å². The second-order valence-corrected chi connectivity index (χ2v) is 4.68. The van der Waals surface area contributed by atoms with Crippen molar-refractivity contribution in [2.24, 2.45) is 5.92 Å². The molecule has 4 rings (SSSR count). The fourth-order valence-corrected chi connectivity index (χ4v) is 2.97. The number of hydrogen-bond donors (Lipinski definition) is 2. The maximum atomic E-state index is 4.33. The van der Waals surface area contributed by atoms with Crippen molar-refractivity contribution in [3.63, 3.8) is 0 Å². The Morgan fingerprint density at radius 1 is 1.38 bits per heavy atom. The lowest BCUT2D eigenvalue weighted by atomic mass is 10.0. The molecule has 0 saturated carbocycles. The van der Waals surface area contributed by atoms with Crippen LogP contribution in [-0.2, 0) is 0 Å². The van der Waals surface area contributed by atoms with E-state index in [1.807, 2.05) is 12.3 Å². The molecule has 2 bridgehead atoms. The normalized spacial score (nSPS) is 27.6. The number of H-pyrrole nitrogens is 1. The molecule has 2 aromatic rings. The lowest BCUT2D eigenvalue weighted by molar-refractivity contribution is 0.724. The van der Waals surface area contributed by atoms with Gasteiger partial charge in [0.2, 0.25) is 0 Å². The van der Waals surface area contributed by atoms with Crippen LogP contribution in [0.5, 0.6) is 0 Å². The minimum Gasteiger partial charge on any atom is -0.346 e. The van der Waals surface area contributed by atoms with Gasteiger partial charge in [0.05, 0.1) is 0 Å². The van der Waals surface area contributed by atoms with Gasteiger partial charge < -0.3 is 10.3 Å². The van der Waals surface area contributed by atoms with Gasteiger partial charge in [0, 0.05) is 35.9 Å². The van der Waals surface area contributed by atoms with Crippen LogP contribution in [0.4, 0.5) is 0 Å². The first-order valence-corrected chi connectivity index (χ1v) is 5.79. The molecular weight excluding hydrogens is 198 g/mol. The smallest absolute Gasteiger partial charge is 0.137 e. The lowest BCUT2D eigenvalue weighted by Gasteiger charge is -2.14. The molecule has 3 nitrogen and oxygen atoms in total. The van der Waals surface area contributed by atoms with Crippen LogP contribution in [-0.4, -0.2) is 22.6 Å². The highest BCUT2D eigenvalue weighted by molar-refractivity contribution is 5.92. The molecule has 0 spiro atoms. The summed E-state index contributed by atoms with van der Waals surface area (Å²) in [5, 5.41) is 4.80. The summed E-state index contributed by atoms with van der Waals surface area (Å²) in [4.78, 5) is 7.58. The third-order valence-corrected chi connectivity index (χ3v) is 3.72. The van der Waals surface area contributed by atoms with E-state index in [0.717, 1.165) is 18.1 Å². The summed E-state index contributed by atoms with van der Waals surface area (Å²) in [7, 11) is 0. The Morgan fingerprint density at radius 2 is 2.38 bits per heavy atom. The summed E-state index contributed by atoms with van der Waals surface area (Å²) in [6.07, 6.45) is 7.61. The summed E-state index contributed by atoms with van der Waals surface area (Å²) < 4.78 is 0. The average Bonchev–Trinajstić information content (AvgIpc) is 3.03. The van der Waals surface area contributed by atoms with E-state index in [2.05, 4.69) is 33.6 Å². The van der Waals surface area contributed by atoms with Crippen LogP contribution in [0.2, 0.25) is 0 Å². The third-order valence-electron chi connectivity index (χ3n) is 3.72. The second-order valence-electron chi connectivity index (χ2n) is 4.68. The maximum Gasteiger partial charge on any atom is 0.137 e. The standard InChI is InChI=1S/C13H13N3/c1-2-9-11(7-16-13(9)14-3-1)10-4-8-5-12(10)15-6-8/h1-4,7-8,12,15H,5-6H2,(H,14,16)/t8-,12-/m0/s1. The van der Waals surface area contributed by atoms with E-state index < -0.39 is 0 Å². The van der Waals surface area contributed by atoms with Crippen LogP contribution in [0.25, 0.3) is 16.6 Å². The predicted octanol–water partition coefficient (Wildman–Crippen LogP) is 1.94. The van der Waals surface area contributed by atoms with Crippen LogP contribution in [0.15, 0.2) is 30.6 Å². The summed E-state index contributed by atoms with van der Waals surface area (Å²) in [5.74, 6) is 0.738. The summed E-state index contributed by atoms with van der Waals surface area (Å²) in [5.41, 5.74) is 3.76. The fraction of sp³-hybridized carbons (Fsp3) is 0.308. The number of pyridine rings is 1. The number of rotatable bonds is 1. The van der Waals surface area contributed by atoms with Gasteiger partial charge in [0.1, 0.15) is 5.65 Å². The molecular formula is C13H13N3.